The normalized spacial score (nSPS) is 15.5. The quantitative estimate of drug-likeness (QED) is 0.641. The second-order valence-corrected chi connectivity index (χ2v) is 2.63. The Kier molecular flexibility index (Phi) is 2.06. The van der Waals surface area contributed by atoms with Crippen molar-refractivity contribution >= 4 is 6.29 Å². The lowest BCUT2D eigenvalue weighted by Crippen LogP contribution is -2.22. The Hall–Kier alpha value is -1.15. The number of carbonyl (C=O) groups excluding carboxylic acids is 1. The molecule has 0 aliphatic heterocycles. The fourth-order valence-corrected chi connectivity index (χ4v) is 0.844. The highest BCUT2D eigenvalue weighted by Crippen LogP contribution is 2.16. The number of aldehydes is 1. The van der Waals surface area contributed by atoms with Crippen LogP contribution in [-0.4, -0.2) is 11.4 Å². The number of aliphatic hydroxyl groups is 1. The van der Waals surface area contributed by atoms with Crippen molar-refractivity contribution in [2.24, 2.45) is 0 Å². The Morgan fingerprint density at radius 3 is 2.36 bits per heavy atom. The van der Waals surface area contributed by atoms with Crippen molar-refractivity contribution in [2.45, 2.75) is 12.5 Å². The van der Waals surface area contributed by atoms with Crippen LogP contribution in [0.15, 0.2) is 30.3 Å². The molecule has 1 aromatic carbocycles. The molecule has 1 atom stereocenters. The molecule has 0 saturated heterocycles. The lowest BCUT2D eigenvalue weighted by atomic mass is 9.98. The monoisotopic (exact) mass is 150 g/mol. The average molecular weight is 150 g/mol. The Labute approximate surface area is 65.5 Å². The summed E-state index contributed by atoms with van der Waals surface area (Å²) in [4.78, 5) is 10.4. The Balaban J connectivity index is 3.02. The largest absolute Gasteiger partial charge is 0.378 e. The molecule has 1 N–H and O–H groups in total. The van der Waals surface area contributed by atoms with Crippen LogP contribution in [0.2, 0.25) is 0 Å². The highest BCUT2D eigenvalue weighted by molar-refractivity contribution is 5.64. The van der Waals surface area contributed by atoms with E-state index in [1.807, 2.05) is 6.07 Å². The fraction of sp³-hybridized carbons (Fsp3) is 0.222. The summed E-state index contributed by atoms with van der Waals surface area (Å²) in [7, 11) is 0. The molecule has 0 heterocycles. The predicted octanol–water partition coefficient (Wildman–Crippen LogP) is 1.09. The van der Waals surface area contributed by atoms with Crippen LogP contribution in [0, 0.1) is 0 Å². The van der Waals surface area contributed by atoms with E-state index in [1.165, 1.54) is 6.92 Å². The molecule has 0 saturated carbocycles. The van der Waals surface area contributed by atoms with Gasteiger partial charge in [-0.3, -0.25) is 4.79 Å². The predicted molar refractivity (Wildman–Crippen MR) is 42.1 cm³/mol. The van der Waals surface area contributed by atoms with Gasteiger partial charge in [0.15, 0.2) is 6.29 Å². The van der Waals surface area contributed by atoms with Gasteiger partial charge in [0.1, 0.15) is 5.60 Å². The zero-order chi connectivity index (χ0) is 8.32. The topological polar surface area (TPSA) is 37.3 Å². The van der Waals surface area contributed by atoms with Gasteiger partial charge in [0, 0.05) is 0 Å². The van der Waals surface area contributed by atoms with Gasteiger partial charge in [-0.2, -0.15) is 0 Å². The van der Waals surface area contributed by atoms with Crippen molar-refractivity contribution in [1.29, 1.82) is 0 Å². The van der Waals surface area contributed by atoms with Crippen molar-refractivity contribution < 1.29 is 9.90 Å². The van der Waals surface area contributed by atoms with Gasteiger partial charge in [-0.15, -0.1) is 0 Å². The van der Waals surface area contributed by atoms with Gasteiger partial charge in [-0.25, -0.2) is 0 Å². The Morgan fingerprint density at radius 1 is 1.36 bits per heavy atom. The molecule has 0 spiro atoms. The molecule has 0 aliphatic carbocycles. The summed E-state index contributed by atoms with van der Waals surface area (Å²) in [5, 5.41) is 9.43. The summed E-state index contributed by atoms with van der Waals surface area (Å²) in [6, 6.07) is 8.84. The molecule has 2 heteroatoms. The van der Waals surface area contributed by atoms with Crippen molar-refractivity contribution in [1.82, 2.24) is 0 Å². The summed E-state index contributed by atoms with van der Waals surface area (Å²) < 4.78 is 0. The van der Waals surface area contributed by atoms with Gasteiger partial charge < -0.3 is 5.11 Å². The first kappa shape index (κ1) is 7.95. The average Bonchev–Trinajstić information content (AvgIpc) is 2.06. The third-order valence-electron chi connectivity index (χ3n) is 1.59. The van der Waals surface area contributed by atoms with E-state index in [1.54, 1.807) is 24.3 Å². The molecule has 58 valence electrons. The molecule has 0 aliphatic rings. The van der Waals surface area contributed by atoms with Crippen LogP contribution in [0.1, 0.15) is 12.5 Å². The lowest BCUT2D eigenvalue weighted by Gasteiger charge is -2.14. The molecule has 11 heavy (non-hydrogen) atoms. The van der Waals surface area contributed by atoms with Gasteiger partial charge in [-0.05, 0) is 12.5 Å². The highest BCUT2D eigenvalue weighted by atomic mass is 16.3. The van der Waals surface area contributed by atoms with Gasteiger partial charge in [0.05, 0.1) is 0 Å². The van der Waals surface area contributed by atoms with E-state index in [4.69, 9.17) is 0 Å². The number of benzene rings is 1. The first-order valence-electron chi connectivity index (χ1n) is 3.41. The molecule has 2 nitrogen and oxygen atoms in total. The summed E-state index contributed by atoms with van der Waals surface area (Å²) in [5.74, 6) is 0. The van der Waals surface area contributed by atoms with Crippen LogP contribution >= 0.6 is 0 Å². The van der Waals surface area contributed by atoms with Crippen LogP contribution in [0.5, 0.6) is 0 Å². The third kappa shape index (κ3) is 1.65. The van der Waals surface area contributed by atoms with Crippen molar-refractivity contribution in [2.75, 3.05) is 0 Å². The third-order valence-corrected chi connectivity index (χ3v) is 1.59. The maximum Gasteiger partial charge on any atom is 0.155 e. The molecule has 0 unspecified atom stereocenters. The van der Waals surface area contributed by atoms with E-state index in [-0.39, 0.29) is 0 Å². The molecule has 0 amide bonds. The van der Waals surface area contributed by atoms with E-state index < -0.39 is 5.60 Å². The highest BCUT2D eigenvalue weighted by Gasteiger charge is 2.20. The Morgan fingerprint density at radius 2 is 1.91 bits per heavy atom. The number of rotatable bonds is 2. The van der Waals surface area contributed by atoms with Crippen molar-refractivity contribution in [3.8, 4) is 0 Å². The minimum absolute atomic E-state index is 0.530. The SMILES string of the molecule is C[C@@](O)(C=O)c1ccccc1. The molecule has 1 rings (SSSR count). The van der Waals surface area contributed by atoms with E-state index >= 15 is 0 Å². The molecule has 0 radical (unpaired) electrons. The standard InChI is InChI=1S/C9H10O2/c1-9(11,7-10)8-5-3-2-4-6-8/h2-7,11H,1H3/t9-/m1/s1. The smallest absolute Gasteiger partial charge is 0.155 e. The van der Waals surface area contributed by atoms with E-state index in [2.05, 4.69) is 0 Å². The molecule has 0 aromatic heterocycles. The van der Waals surface area contributed by atoms with Crippen LogP contribution in [0.25, 0.3) is 0 Å². The van der Waals surface area contributed by atoms with E-state index in [9.17, 15) is 9.90 Å². The summed E-state index contributed by atoms with van der Waals surface area (Å²) in [5.41, 5.74) is -0.726. The minimum Gasteiger partial charge on any atom is -0.378 e. The lowest BCUT2D eigenvalue weighted by molar-refractivity contribution is -0.123. The Bertz CT molecular complexity index is 239. The molecule has 0 fully saturated rings. The minimum atomic E-state index is -1.35. The molecule has 0 bridgehead atoms. The van der Waals surface area contributed by atoms with Crippen LogP contribution in [0.3, 0.4) is 0 Å². The van der Waals surface area contributed by atoms with Crippen LogP contribution in [0.4, 0.5) is 0 Å². The number of hydrogen-bond donors (Lipinski definition) is 1. The number of hydrogen-bond acceptors (Lipinski definition) is 2. The van der Waals surface area contributed by atoms with E-state index in [0.29, 0.717) is 11.8 Å². The first-order valence-corrected chi connectivity index (χ1v) is 3.41. The summed E-state index contributed by atoms with van der Waals surface area (Å²) >= 11 is 0. The maximum absolute atomic E-state index is 10.4. The summed E-state index contributed by atoms with van der Waals surface area (Å²) in [6.07, 6.45) is 0.530. The molecular formula is C9H10O2. The first-order chi connectivity index (χ1) is 5.17. The van der Waals surface area contributed by atoms with Gasteiger partial charge in [0.25, 0.3) is 0 Å². The zero-order valence-electron chi connectivity index (χ0n) is 6.32. The zero-order valence-corrected chi connectivity index (χ0v) is 6.32. The summed E-state index contributed by atoms with van der Waals surface area (Å²) in [6.45, 7) is 1.47. The van der Waals surface area contributed by atoms with Crippen LogP contribution in [-0.2, 0) is 10.4 Å². The molecule has 1 aromatic rings. The maximum atomic E-state index is 10.4. The van der Waals surface area contributed by atoms with Gasteiger partial charge in [-0.1, -0.05) is 30.3 Å². The molecular weight excluding hydrogens is 140 g/mol. The van der Waals surface area contributed by atoms with Crippen LogP contribution < -0.4 is 0 Å². The fourth-order valence-electron chi connectivity index (χ4n) is 0.844. The number of carbonyl (C=O) groups is 1. The van der Waals surface area contributed by atoms with Crippen molar-refractivity contribution in [3.63, 3.8) is 0 Å². The van der Waals surface area contributed by atoms with E-state index in [0.717, 1.165) is 0 Å². The second kappa shape index (κ2) is 2.84. The van der Waals surface area contributed by atoms with Gasteiger partial charge >= 0.3 is 0 Å². The van der Waals surface area contributed by atoms with Crippen molar-refractivity contribution in [3.05, 3.63) is 35.9 Å². The van der Waals surface area contributed by atoms with Gasteiger partial charge in [0.2, 0.25) is 0 Å². The second-order valence-electron chi connectivity index (χ2n) is 2.63.